The number of hydrogen-bond acceptors (Lipinski definition) is 5. The largest absolute Gasteiger partial charge is 0.308 e. The predicted octanol–water partition coefficient (Wildman–Crippen LogP) is 17.2. The van der Waals surface area contributed by atoms with E-state index in [1.165, 1.54) is 61.9 Å². The molecule has 0 N–H and O–H groups in total. The molecular formula is C63H36N6S2. The van der Waals surface area contributed by atoms with E-state index in [1.54, 1.807) is 0 Å². The first-order valence-corrected chi connectivity index (χ1v) is 25.5. The van der Waals surface area contributed by atoms with Gasteiger partial charge in [-0.15, -0.1) is 22.7 Å². The van der Waals surface area contributed by atoms with E-state index in [2.05, 4.69) is 232 Å². The van der Waals surface area contributed by atoms with Crippen molar-refractivity contribution < 1.29 is 0 Å². The van der Waals surface area contributed by atoms with E-state index in [1.807, 2.05) is 22.7 Å². The summed E-state index contributed by atoms with van der Waals surface area (Å²) < 4.78 is 12.2. The first-order chi connectivity index (χ1) is 35.2. The third-order valence-electron chi connectivity index (χ3n) is 14.5. The molecule has 330 valence electrons. The zero-order chi connectivity index (χ0) is 46.3. The molecule has 0 atom stereocenters. The van der Waals surface area contributed by atoms with Crippen molar-refractivity contribution in [3.05, 3.63) is 218 Å². The van der Waals surface area contributed by atoms with Crippen molar-refractivity contribution in [3.8, 4) is 40.1 Å². The third kappa shape index (κ3) is 5.48. The molecule has 0 aliphatic heterocycles. The van der Waals surface area contributed by atoms with Gasteiger partial charge in [0.2, 0.25) is 5.95 Å². The molecule has 0 unspecified atom stereocenters. The second kappa shape index (κ2) is 14.8. The molecule has 0 amide bonds. The van der Waals surface area contributed by atoms with Crippen LogP contribution in [-0.2, 0) is 0 Å². The van der Waals surface area contributed by atoms with Crippen LogP contribution in [0.2, 0.25) is 0 Å². The highest BCUT2D eigenvalue weighted by molar-refractivity contribution is 7.27. The normalized spacial score (nSPS) is 12.2. The van der Waals surface area contributed by atoms with Gasteiger partial charge in [0.05, 0.1) is 44.5 Å². The van der Waals surface area contributed by atoms with E-state index in [0.717, 1.165) is 66.4 Å². The molecular weight excluding hydrogens is 905 g/mol. The van der Waals surface area contributed by atoms with Crippen molar-refractivity contribution in [1.29, 1.82) is 0 Å². The molecule has 71 heavy (non-hydrogen) atoms. The number of aromatic nitrogens is 6. The van der Waals surface area contributed by atoms with Gasteiger partial charge < -0.3 is 9.13 Å². The molecule has 0 aliphatic rings. The van der Waals surface area contributed by atoms with Crippen molar-refractivity contribution in [2.45, 2.75) is 0 Å². The Morgan fingerprint density at radius 2 is 0.634 bits per heavy atom. The number of rotatable bonds is 5. The lowest BCUT2D eigenvalue weighted by atomic mass is 10.1. The van der Waals surface area contributed by atoms with E-state index in [-0.39, 0.29) is 0 Å². The molecule has 8 heteroatoms. The Hall–Kier alpha value is -8.95. The van der Waals surface area contributed by atoms with E-state index >= 15 is 0 Å². The van der Waals surface area contributed by atoms with Crippen molar-refractivity contribution in [2.75, 3.05) is 0 Å². The molecule has 0 bridgehead atoms. The van der Waals surface area contributed by atoms with Crippen LogP contribution in [-0.4, -0.2) is 28.7 Å². The summed E-state index contributed by atoms with van der Waals surface area (Å²) in [6, 6.07) is 78.6. The summed E-state index contributed by atoms with van der Waals surface area (Å²) >= 11 is 3.74. The molecule has 0 saturated heterocycles. The van der Waals surface area contributed by atoms with Gasteiger partial charge in [-0.3, -0.25) is 4.57 Å². The van der Waals surface area contributed by atoms with Gasteiger partial charge in [0.1, 0.15) is 0 Å². The van der Waals surface area contributed by atoms with Gasteiger partial charge in [-0.25, -0.2) is 4.98 Å². The molecule has 0 fully saturated rings. The Morgan fingerprint density at radius 3 is 1.10 bits per heavy atom. The van der Waals surface area contributed by atoms with E-state index < -0.39 is 0 Å². The third-order valence-corrected chi connectivity index (χ3v) is 16.9. The first kappa shape index (κ1) is 39.0. The zero-order valence-electron chi connectivity index (χ0n) is 37.8. The number of benzene rings is 10. The fourth-order valence-electron chi connectivity index (χ4n) is 11.5. The maximum atomic E-state index is 5.60. The minimum Gasteiger partial charge on any atom is -0.308 e. The topological polar surface area (TPSA) is 53.5 Å². The van der Waals surface area contributed by atoms with Crippen LogP contribution in [0.1, 0.15) is 0 Å². The number of fused-ring (bicyclic) bond motifs is 17. The van der Waals surface area contributed by atoms with Crippen molar-refractivity contribution in [3.63, 3.8) is 0 Å². The Labute approximate surface area is 413 Å². The van der Waals surface area contributed by atoms with Crippen LogP contribution in [0.4, 0.5) is 0 Å². The fraction of sp³-hybridized carbons (Fsp3) is 0. The van der Waals surface area contributed by atoms with E-state index in [4.69, 9.17) is 15.0 Å². The predicted molar refractivity (Wildman–Crippen MR) is 299 cm³/mol. The highest BCUT2D eigenvalue weighted by Crippen LogP contribution is 2.46. The summed E-state index contributed by atoms with van der Waals surface area (Å²) in [5.74, 6) is 1.72. The number of thiophene rings is 2. The van der Waals surface area contributed by atoms with E-state index in [0.29, 0.717) is 17.6 Å². The summed E-state index contributed by atoms with van der Waals surface area (Å²) in [5, 5.41) is 12.4. The van der Waals surface area contributed by atoms with Crippen LogP contribution in [0.5, 0.6) is 0 Å². The monoisotopic (exact) mass is 940 g/mol. The van der Waals surface area contributed by atoms with Gasteiger partial charge in [0.15, 0.2) is 11.6 Å². The van der Waals surface area contributed by atoms with Gasteiger partial charge in [0, 0.05) is 83.8 Å². The van der Waals surface area contributed by atoms with Gasteiger partial charge in [-0.2, -0.15) is 9.97 Å². The minimum atomic E-state index is 0.551. The summed E-state index contributed by atoms with van der Waals surface area (Å²) in [4.78, 5) is 16.7. The molecule has 0 aliphatic carbocycles. The lowest BCUT2D eigenvalue weighted by molar-refractivity contribution is 0.950. The summed E-state index contributed by atoms with van der Waals surface area (Å²) in [6.45, 7) is 0. The van der Waals surface area contributed by atoms with Crippen LogP contribution >= 0.6 is 22.7 Å². The highest BCUT2D eigenvalue weighted by atomic mass is 32.1. The van der Waals surface area contributed by atoms with Crippen LogP contribution in [0, 0.1) is 0 Å². The fourth-order valence-corrected chi connectivity index (χ4v) is 14.1. The van der Waals surface area contributed by atoms with Crippen LogP contribution in [0.3, 0.4) is 0 Å². The highest BCUT2D eigenvalue weighted by Gasteiger charge is 2.25. The van der Waals surface area contributed by atoms with Crippen molar-refractivity contribution in [1.82, 2.24) is 28.7 Å². The zero-order valence-corrected chi connectivity index (χ0v) is 39.4. The molecule has 6 heterocycles. The lowest BCUT2D eigenvalue weighted by Gasteiger charge is -2.17. The quantitative estimate of drug-likeness (QED) is 0.173. The molecule has 6 nitrogen and oxygen atoms in total. The second-order valence-electron chi connectivity index (χ2n) is 18.3. The van der Waals surface area contributed by atoms with Crippen LogP contribution in [0.15, 0.2) is 218 Å². The standard InChI is InChI=1S/C63H36N6S2/c1-9-25-47-37(17-1)38-18-2-10-26-48(38)69(47)63-65-61(45-23-5-13-29-51(45)67-49-27-11-3-21-43(49)57-53(67)35-33-41-39-19-7-15-31-55(39)70-59(41)57)64-62(66-63)46-24-6-14-30-52(46)68-50-28-12-4-22-44(50)58-54(68)36-34-42-40-20-8-16-32-56(40)71-60(42)58/h1-36H. The summed E-state index contributed by atoms with van der Waals surface area (Å²) in [7, 11) is 0. The van der Waals surface area contributed by atoms with Gasteiger partial charge in [-0.1, -0.05) is 146 Å². The van der Waals surface area contributed by atoms with Crippen LogP contribution < -0.4 is 0 Å². The minimum absolute atomic E-state index is 0.551. The van der Waals surface area contributed by atoms with Gasteiger partial charge >= 0.3 is 0 Å². The molecule has 0 saturated carbocycles. The molecule has 16 rings (SSSR count). The average Bonchev–Trinajstić information content (AvgIpc) is 4.24. The Balaban J connectivity index is 0.987. The molecule has 6 aromatic heterocycles. The SMILES string of the molecule is c1ccc(-n2c3ccccc3c3c4sc5ccccc5c4ccc32)c(-c2nc(-c3ccccc3-n3c4ccccc4c4c5sc6ccccc6c5ccc43)nc(-n3c4ccccc4c4ccccc43)n2)c1. The number of para-hydroxylation sites is 6. The second-order valence-corrected chi connectivity index (χ2v) is 20.4. The van der Waals surface area contributed by atoms with Gasteiger partial charge in [0.25, 0.3) is 0 Å². The van der Waals surface area contributed by atoms with E-state index in [9.17, 15) is 0 Å². The summed E-state index contributed by atoms with van der Waals surface area (Å²) in [5.41, 5.74) is 10.4. The number of nitrogens with zero attached hydrogens (tertiary/aromatic N) is 6. The first-order valence-electron chi connectivity index (χ1n) is 23.9. The molecule has 0 radical (unpaired) electrons. The molecule has 0 spiro atoms. The van der Waals surface area contributed by atoms with Gasteiger partial charge in [-0.05, 0) is 72.8 Å². The summed E-state index contributed by atoms with van der Waals surface area (Å²) in [6.07, 6.45) is 0. The molecule has 10 aromatic carbocycles. The Morgan fingerprint density at radius 1 is 0.268 bits per heavy atom. The maximum Gasteiger partial charge on any atom is 0.238 e. The maximum absolute atomic E-state index is 5.60. The Kier molecular flexibility index (Phi) is 8.11. The number of hydrogen-bond donors (Lipinski definition) is 0. The average molecular weight is 941 g/mol. The Bertz CT molecular complexity index is 4610. The smallest absolute Gasteiger partial charge is 0.238 e. The van der Waals surface area contributed by atoms with Crippen molar-refractivity contribution >= 4 is 128 Å². The van der Waals surface area contributed by atoms with Crippen molar-refractivity contribution in [2.24, 2.45) is 0 Å². The lowest BCUT2D eigenvalue weighted by Crippen LogP contribution is -2.09. The molecule has 16 aromatic rings. The van der Waals surface area contributed by atoms with Crippen LogP contribution in [0.25, 0.3) is 146 Å².